The van der Waals surface area contributed by atoms with Crippen LogP contribution in [0.15, 0.2) is 67.0 Å². The molecule has 0 bridgehead atoms. The van der Waals surface area contributed by atoms with Crippen molar-refractivity contribution in [3.05, 3.63) is 83.9 Å². The number of hydrogen-bond acceptors (Lipinski definition) is 14. The fourth-order valence-electron chi connectivity index (χ4n) is 6.15. The molecule has 3 N–H and O–H groups in total. The summed E-state index contributed by atoms with van der Waals surface area (Å²) in [4.78, 5) is 38.9. The van der Waals surface area contributed by atoms with Crippen molar-refractivity contribution in [2.24, 2.45) is 7.05 Å². The molecule has 0 amide bonds. The number of tetrazole rings is 1. The normalized spacial score (nSPS) is 22.4. The molecule has 2 aliphatic heterocycles. The van der Waals surface area contributed by atoms with Crippen LogP contribution < -0.4 is 16.0 Å². The molecule has 242 valence electrons. The van der Waals surface area contributed by atoms with Crippen molar-refractivity contribution in [3.8, 4) is 0 Å². The molecule has 5 heterocycles. The zero-order chi connectivity index (χ0) is 32.2. The number of benzene rings is 2. The van der Waals surface area contributed by atoms with E-state index in [-0.39, 0.29) is 30.7 Å². The second kappa shape index (κ2) is 13.5. The van der Waals surface area contributed by atoms with Gasteiger partial charge in [-0.05, 0) is 29.3 Å². The van der Waals surface area contributed by atoms with Crippen molar-refractivity contribution in [1.82, 2.24) is 45.0 Å². The van der Waals surface area contributed by atoms with Crippen LogP contribution in [0.25, 0.3) is 11.2 Å². The third-order valence-corrected chi connectivity index (χ3v) is 8.36. The van der Waals surface area contributed by atoms with E-state index in [0.717, 1.165) is 30.6 Å². The van der Waals surface area contributed by atoms with Gasteiger partial charge in [-0.1, -0.05) is 60.7 Å². The molecule has 0 spiro atoms. The number of ether oxygens (including phenoxy) is 3. The van der Waals surface area contributed by atoms with Crippen LogP contribution in [0.5, 0.6) is 0 Å². The van der Waals surface area contributed by atoms with Crippen LogP contribution >= 0.6 is 0 Å². The number of nitrogens with zero attached hydrogens (tertiary/aromatic N) is 8. The number of hydrogen-bond donors (Lipinski definition) is 3. The standard InChI is InChI=1S/C31H33N11O5/c1-41-39-28(38-40-41)25-24(45-17-43)26(46-18-44)30(47-25)42-16-34-23-27(36-31(37-29(23)42)35-21-12-13-32-14-21)33-15-22(19-8-4-2-5-9-19)20-10-6-3-7-11-20/h2-11,16-18,21-22,24-26,30,32H,12-15H2,1H3,(H2,33,35,36,37)/t21-,24-,25+,26-,30-/m1/s1. The molecule has 2 aromatic carbocycles. The van der Waals surface area contributed by atoms with E-state index in [2.05, 4.69) is 60.6 Å². The molecule has 0 unspecified atom stereocenters. The summed E-state index contributed by atoms with van der Waals surface area (Å²) in [7, 11) is 1.60. The molecule has 0 aliphatic carbocycles. The predicted octanol–water partition coefficient (Wildman–Crippen LogP) is 1.72. The number of nitrogens with one attached hydrogen (secondary N) is 3. The fourth-order valence-corrected chi connectivity index (χ4v) is 6.15. The first-order chi connectivity index (χ1) is 23.1. The Kier molecular flexibility index (Phi) is 8.66. The van der Waals surface area contributed by atoms with E-state index in [1.54, 1.807) is 11.6 Å². The summed E-state index contributed by atoms with van der Waals surface area (Å²) in [6.07, 6.45) is -1.69. The Morgan fingerprint density at radius 1 is 1.02 bits per heavy atom. The lowest BCUT2D eigenvalue weighted by Gasteiger charge is -2.22. The van der Waals surface area contributed by atoms with E-state index < -0.39 is 24.5 Å². The Morgan fingerprint density at radius 3 is 2.38 bits per heavy atom. The van der Waals surface area contributed by atoms with Gasteiger partial charge in [-0.2, -0.15) is 14.8 Å². The number of rotatable bonds is 13. The van der Waals surface area contributed by atoms with Crippen molar-refractivity contribution in [1.29, 1.82) is 0 Å². The van der Waals surface area contributed by atoms with E-state index in [1.165, 1.54) is 11.1 Å². The molecular weight excluding hydrogens is 606 g/mol. The molecule has 16 heteroatoms. The number of carbonyl (C=O) groups excluding carboxylic acids is 2. The molecule has 0 saturated carbocycles. The quantitative estimate of drug-likeness (QED) is 0.158. The Labute approximate surface area is 268 Å². The van der Waals surface area contributed by atoms with Crippen molar-refractivity contribution in [2.45, 2.75) is 42.9 Å². The van der Waals surface area contributed by atoms with Gasteiger partial charge in [0.15, 0.2) is 41.5 Å². The molecule has 2 saturated heterocycles. The first-order valence-electron chi connectivity index (χ1n) is 15.3. The maximum atomic E-state index is 11.7. The maximum absolute atomic E-state index is 11.7. The lowest BCUT2D eigenvalue weighted by molar-refractivity contribution is -0.151. The zero-order valence-electron chi connectivity index (χ0n) is 25.4. The Hall–Kier alpha value is -5.48. The van der Waals surface area contributed by atoms with Crippen molar-refractivity contribution in [3.63, 3.8) is 0 Å². The second-order valence-corrected chi connectivity index (χ2v) is 11.3. The summed E-state index contributed by atoms with van der Waals surface area (Å²) in [5.74, 6) is 1.08. The molecular formula is C31H33N11O5. The Bertz CT molecular complexity index is 1770. The summed E-state index contributed by atoms with van der Waals surface area (Å²) in [5.41, 5.74) is 3.18. The zero-order valence-corrected chi connectivity index (χ0v) is 25.4. The molecule has 0 radical (unpaired) electrons. The van der Waals surface area contributed by atoms with Gasteiger partial charge in [0.1, 0.15) is 0 Å². The van der Waals surface area contributed by atoms with Gasteiger partial charge in [-0.25, -0.2) is 4.98 Å². The minimum Gasteiger partial charge on any atom is -0.457 e. The van der Waals surface area contributed by atoms with Crippen molar-refractivity contribution < 1.29 is 23.8 Å². The molecule has 2 aliphatic rings. The van der Waals surface area contributed by atoms with Crippen LogP contribution in [0, 0.1) is 0 Å². The maximum Gasteiger partial charge on any atom is 0.293 e. The molecule has 7 rings (SSSR count). The van der Waals surface area contributed by atoms with Crippen LogP contribution in [-0.2, 0) is 30.8 Å². The van der Waals surface area contributed by atoms with Crippen LogP contribution in [0.2, 0.25) is 0 Å². The first-order valence-corrected chi connectivity index (χ1v) is 15.3. The van der Waals surface area contributed by atoms with Gasteiger partial charge >= 0.3 is 0 Å². The topological polar surface area (TPSA) is 185 Å². The van der Waals surface area contributed by atoms with Gasteiger partial charge in [-0.15, -0.1) is 10.2 Å². The van der Waals surface area contributed by atoms with Gasteiger partial charge in [0.05, 0.1) is 13.4 Å². The third kappa shape index (κ3) is 6.19. The van der Waals surface area contributed by atoms with Crippen LogP contribution in [0.4, 0.5) is 11.8 Å². The van der Waals surface area contributed by atoms with Gasteiger partial charge in [-0.3, -0.25) is 14.2 Å². The predicted molar refractivity (Wildman–Crippen MR) is 167 cm³/mol. The number of aromatic nitrogens is 8. The van der Waals surface area contributed by atoms with E-state index in [9.17, 15) is 9.59 Å². The highest BCUT2D eigenvalue weighted by atomic mass is 16.6. The van der Waals surface area contributed by atoms with E-state index in [0.29, 0.717) is 29.5 Å². The largest absolute Gasteiger partial charge is 0.457 e. The molecule has 16 nitrogen and oxygen atoms in total. The lowest BCUT2D eigenvalue weighted by Crippen LogP contribution is -2.34. The summed E-state index contributed by atoms with van der Waals surface area (Å²) in [6.45, 7) is 2.72. The highest BCUT2D eigenvalue weighted by Gasteiger charge is 2.52. The number of carbonyl (C=O) groups is 2. The van der Waals surface area contributed by atoms with Gasteiger partial charge in [0.2, 0.25) is 11.8 Å². The van der Waals surface area contributed by atoms with Crippen molar-refractivity contribution in [2.75, 3.05) is 30.3 Å². The minimum absolute atomic E-state index is 0.0185. The van der Waals surface area contributed by atoms with Crippen molar-refractivity contribution >= 4 is 35.9 Å². The Balaban J connectivity index is 1.27. The van der Waals surface area contributed by atoms with Gasteiger partial charge in [0, 0.05) is 25.0 Å². The number of anilines is 2. The Morgan fingerprint density at radius 2 is 1.74 bits per heavy atom. The van der Waals surface area contributed by atoms with Crippen LogP contribution in [0.3, 0.4) is 0 Å². The lowest BCUT2D eigenvalue weighted by atomic mass is 9.91. The highest BCUT2D eigenvalue weighted by Crippen LogP contribution is 2.42. The first kappa shape index (κ1) is 30.2. The monoisotopic (exact) mass is 639 g/mol. The number of aryl methyl sites for hydroxylation is 1. The summed E-state index contributed by atoms with van der Waals surface area (Å²) >= 11 is 0. The summed E-state index contributed by atoms with van der Waals surface area (Å²) in [6, 6.07) is 20.7. The van der Waals surface area contributed by atoms with Crippen LogP contribution in [-0.4, -0.2) is 90.6 Å². The van der Waals surface area contributed by atoms with Gasteiger partial charge < -0.3 is 30.2 Å². The molecule has 3 aromatic heterocycles. The average Bonchev–Trinajstić information content (AvgIpc) is 3.91. The summed E-state index contributed by atoms with van der Waals surface area (Å²) in [5, 5.41) is 22.5. The van der Waals surface area contributed by atoms with E-state index in [1.807, 2.05) is 36.4 Å². The number of fused-ring (bicyclic) bond motifs is 1. The fraction of sp³-hybridized carbons (Fsp3) is 0.355. The molecule has 5 atom stereocenters. The molecule has 2 fully saturated rings. The highest BCUT2D eigenvalue weighted by molar-refractivity contribution is 5.84. The average molecular weight is 640 g/mol. The van der Waals surface area contributed by atoms with Gasteiger partial charge in [0.25, 0.3) is 12.9 Å². The minimum atomic E-state index is -1.08. The second-order valence-electron chi connectivity index (χ2n) is 11.3. The summed E-state index contributed by atoms with van der Waals surface area (Å²) < 4.78 is 18.8. The number of imidazole rings is 1. The van der Waals surface area contributed by atoms with E-state index in [4.69, 9.17) is 24.2 Å². The molecule has 47 heavy (non-hydrogen) atoms. The SMILES string of the molecule is Cn1nnc([C@H]2O[C@@H](n3cnc4c(NCC(c5ccccc5)c5ccccc5)nc(N[C@@H]5CCNC5)nc43)[C@H](OC=O)[C@@H]2OC=O)n1. The third-order valence-electron chi connectivity index (χ3n) is 8.36. The molecule has 5 aromatic rings. The van der Waals surface area contributed by atoms with E-state index >= 15 is 0 Å². The van der Waals surface area contributed by atoms with Crippen LogP contribution in [0.1, 0.15) is 41.6 Å². The smallest absolute Gasteiger partial charge is 0.293 e.